The highest BCUT2D eigenvalue weighted by Crippen LogP contribution is 2.17. The van der Waals surface area contributed by atoms with Gasteiger partial charge in [0.2, 0.25) is 0 Å². The van der Waals surface area contributed by atoms with Gasteiger partial charge >= 0.3 is 5.97 Å². The van der Waals surface area contributed by atoms with Gasteiger partial charge in [-0.25, -0.2) is 0 Å². The van der Waals surface area contributed by atoms with Gasteiger partial charge in [-0.1, -0.05) is 27.7 Å². The number of carboxylic acid groups (broad SMARTS) is 1. The number of hydrogen-bond acceptors (Lipinski definition) is 3. The average molecular weight is 286 g/mol. The first-order valence-corrected chi connectivity index (χ1v) is 7.91. The predicted molar refractivity (Wildman–Crippen MR) is 85.1 cm³/mol. The molecule has 0 amide bonds. The average Bonchev–Trinajstić information content (AvgIpc) is 2.28. The number of hydrogen-bond donors (Lipinski definition) is 2. The van der Waals surface area contributed by atoms with E-state index in [2.05, 4.69) is 37.9 Å². The molecule has 4 heteroatoms. The van der Waals surface area contributed by atoms with E-state index < -0.39 is 11.5 Å². The third kappa shape index (κ3) is 6.23. The Balaban J connectivity index is 5.10. The van der Waals surface area contributed by atoms with Crippen LogP contribution in [0.3, 0.4) is 0 Å². The van der Waals surface area contributed by atoms with E-state index in [9.17, 15) is 9.90 Å². The number of carboxylic acids is 1. The van der Waals surface area contributed by atoms with Crippen molar-refractivity contribution in [2.45, 2.75) is 78.9 Å². The molecule has 0 rings (SSSR count). The van der Waals surface area contributed by atoms with Crippen LogP contribution in [0, 0.1) is 5.92 Å². The molecule has 20 heavy (non-hydrogen) atoms. The highest BCUT2D eigenvalue weighted by Gasteiger charge is 2.36. The highest BCUT2D eigenvalue weighted by molar-refractivity contribution is 5.78. The molecule has 0 radical (unpaired) electrons. The highest BCUT2D eigenvalue weighted by atomic mass is 16.4. The van der Waals surface area contributed by atoms with Crippen molar-refractivity contribution in [2.24, 2.45) is 5.92 Å². The SMILES string of the molecule is CCC(CC)N(CC(C)C)CC(C)(NC(C)C)C(=O)O. The standard InChI is InChI=1S/C16H34N2O2/c1-8-14(9-2)18(10-12(3)4)11-16(7,15(19)20)17-13(5)6/h12-14,17H,8-11H2,1-7H3,(H,19,20). The fourth-order valence-corrected chi connectivity index (χ4v) is 2.84. The van der Waals surface area contributed by atoms with E-state index in [1.165, 1.54) is 0 Å². The van der Waals surface area contributed by atoms with Crippen LogP contribution in [-0.2, 0) is 4.79 Å². The van der Waals surface area contributed by atoms with E-state index in [0.29, 0.717) is 18.5 Å². The Morgan fingerprint density at radius 3 is 2.00 bits per heavy atom. The number of nitrogens with one attached hydrogen (secondary N) is 1. The second-order valence-electron chi connectivity index (χ2n) is 6.73. The summed E-state index contributed by atoms with van der Waals surface area (Å²) in [6.07, 6.45) is 2.11. The molecule has 0 aliphatic carbocycles. The Hall–Kier alpha value is -0.610. The second kappa shape index (κ2) is 8.63. The first-order valence-electron chi connectivity index (χ1n) is 7.91. The molecule has 0 aromatic rings. The van der Waals surface area contributed by atoms with Crippen LogP contribution in [0.25, 0.3) is 0 Å². The normalized spacial score (nSPS) is 15.3. The maximum Gasteiger partial charge on any atom is 0.324 e. The first kappa shape index (κ1) is 19.4. The summed E-state index contributed by atoms with van der Waals surface area (Å²) in [6.45, 7) is 16.0. The molecule has 1 atom stereocenters. The molecule has 1 unspecified atom stereocenters. The first-order chi connectivity index (χ1) is 9.16. The van der Waals surface area contributed by atoms with Crippen molar-refractivity contribution in [1.82, 2.24) is 10.2 Å². The summed E-state index contributed by atoms with van der Waals surface area (Å²) in [7, 11) is 0. The second-order valence-corrected chi connectivity index (χ2v) is 6.73. The minimum absolute atomic E-state index is 0.152. The lowest BCUT2D eigenvalue weighted by Gasteiger charge is -2.39. The van der Waals surface area contributed by atoms with E-state index in [4.69, 9.17) is 0 Å². The molecule has 0 spiro atoms. The van der Waals surface area contributed by atoms with Gasteiger partial charge in [-0.3, -0.25) is 15.0 Å². The van der Waals surface area contributed by atoms with E-state index >= 15 is 0 Å². The van der Waals surface area contributed by atoms with Gasteiger partial charge in [-0.15, -0.1) is 0 Å². The van der Waals surface area contributed by atoms with Crippen LogP contribution >= 0.6 is 0 Å². The minimum Gasteiger partial charge on any atom is -0.480 e. The summed E-state index contributed by atoms with van der Waals surface area (Å²) in [5, 5.41) is 12.8. The fraction of sp³-hybridized carbons (Fsp3) is 0.938. The van der Waals surface area contributed by atoms with Crippen molar-refractivity contribution in [1.29, 1.82) is 0 Å². The van der Waals surface area contributed by atoms with Crippen molar-refractivity contribution >= 4 is 5.97 Å². The topological polar surface area (TPSA) is 52.6 Å². The van der Waals surface area contributed by atoms with Gasteiger partial charge in [-0.05, 0) is 39.5 Å². The van der Waals surface area contributed by atoms with Gasteiger partial charge in [0.1, 0.15) is 5.54 Å². The van der Waals surface area contributed by atoms with E-state index in [-0.39, 0.29) is 6.04 Å². The third-order valence-corrected chi connectivity index (χ3v) is 3.66. The van der Waals surface area contributed by atoms with Gasteiger partial charge in [0.15, 0.2) is 0 Å². The van der Waals surface area contributed by atoms with Crippen molar-refractivity contribution < 1.29 is 9.90 Å². The summed E-state index contributed by atoms with van der Waals surface area (Å²) in [5.74, 6) is -0.237. The van der Waals surface area contributed by atoms with Gasteiger partial charge in [0.05, 0.1) is 0 Å². The fourth-order valence-electron chi connectivity index (χ4n) is 2.84. The molecule has 0 aromatic carbocycles. The molecule has 0 aliphatic heterocycles. The Kier molecular flexibility index (Phi) is 8.36. The largest absolute Gasteiger partial charge is 0.480 e. The van der Waals surface area contributed by atoms with Gasteiger partial charge in [0, 0.05) is 25.2 Å². The number of carbonyl (C=O) groups is 1. The number of nitrogens with zero attached hydrogens (tertiary/aromatic N) is 1. The van der Waals surface area contributed by atoms with E-state index in [1.54, 1.807) is 6.92 Å². The molecular formula is C16H34N2O2. The summed E-state index contributed by atoms with van der Waals surface area (Å²) in [4.78, 5) is 14.0. The zero-order valence-electron chi connectivity index (χ0n) is 14.4. The Labute approximate surface area is 124 Å². The molecule has 0 aliphatic rings. The van der Waals surface area contributed by atoms with Gasteiger partial charge in [-0.2, -0.15) is 0 Å². The molecule has 0 heterocycles. The zero-order valence-corrected chi connectivity index (χ0v) is 14.4. The molecule has 4 nitrogen and oxygen atoms in total. The van der Waals surface area contributed by atoms with Crippen LogP contribution in [0.2, 0.25) is 0 Å². The number of rotatable bonds is 10. The van der Waals surface area contributed by atoms with Crippen LogP contribution < -0.4 is 5.32 Å². The lowest BCUT2D eigenvalue weighted by molar-refractivity contribution is -0.145. The lowest BCUT2D eigenvalue weighted by Crippen LogP contribution is -2.60. The summed E-state index contributed by atoms with van der Waals surface area (Å²) < 4.78 is 0. The van der Waals surface area contributed by atoms with Crippen molar-refractivity contribution in [2.75, 3.05) is 13.1 Å². The molecule has 0 saturated heterocycles. The maximum atomic E-state index is 11.7. The summed E-state index contributed by atoms with van der Waals surface area (Å²) in [6, 6.07) is 0.601. The third-order valence-electron chi connectivity index (χ3n) is 3.66. The summed E-state index contributed by atoms with van der Waals surface area (Å²) in [5.41, 5.74) is -0.897. The van der Waals surface area contributed by atoms with Crippen molar-refractivity contribution in [3.05, 3.63) is 0 Å². The molecule has 0 aromatic heterocycles. The lowest BCUT2D eigenvalue weighted by atomic mass is 9.97. The quantitative estimate of drug-likeness (QED) is 0.648. The van der Waals surface area contributed by atoms with Crippen LogP contribution in [0.15, 0.2) is 0 Å². The Morgan fingerprint density at radius 2 is 1.70 bits per heavy atom. The molecule has 0 saturated carbocycles. The smallest absolute Gasteiger partial charge is 0.324 e. The minimum atomic E-state index is -0.897. The molecule has 2 N–H and O–H groups in total. The van der Waals surface area contributed by atoms with Crippen molar-refractivity contribution in [3.8, 4) is 0 Å². The molecular weight excluding hydrogens is 252 g/mol. The van der Waals surface area contributed by atoms with Crippen LogP contribution in [0.5, 0.6) is 0 Å². The van der Waals surface area contributed by atoms with Crippen LogP contribution in [0.4, 0.5) is 0 Å². The van der Waals surface area contributed by atoms with E-state index in [1.807, 2.05) is 13.8 Å². The van der Waals surface area contributed by atoms with Gasteiger partial charge in [0.25, 0.3) is 0 Å². The molecule has 0 bridgehead atoms. The van der Waals surface area contributed by atoms with Crippen LogP contribution in [0.1, 0.15) is 61.3 Å². The zero-order chi connectivity index (χ0) is 15.9. The van der Waals surface area contributed by atoms with Crippen LogP contribution in [-0.4, -0.2) is 46.7 Å². The summed E-state index contributed by atoms with van der Waals surface area (Å²) >= 11 is 0. The van der Waals surface area contributed by atoms with E-state index in [0.717, 1.165) is 19.4 Å². The maximum absolute atomic E-state index is 11.7. The Bertz CT molecular complexity index is 288. The monoisotopic (exact) mass is 286 g/mol. The molecule has 0 fully saturated rings. The number of aliphatic carboxylic acids is 1. The Morgan fingerprint density at radius 1 is 1.20 bits per heavy atom. The van der Waals surface area contributed by atoms with Crippen molar-refractivity contribution in [3.63, 3.8) is 0 Å². The molecule has 120 valence electrons. The van der Waals surface area contributed by atoms with Gasteiger partial charge < -0.3 is 5.11 Å². The predicted octanol–water partition coefficient (Wildman–Crippen LogP) is 2.97.